The lowest BCUT2D eigenvalue weighted by atomic mass is 9.85. The summed E-state index contributed by atoms with van der Waals surface area (Å²) < 4.78 is 0. The van der Waals surface area contributed by atoms with Gasteiger partial charge in [0.05, 0.1) is 11.3 Å². The molecular formula is C16H20ClN3O. The maximum atomic E-state index is 12.2. The van der Waals surface area contributed by atoms with Crippen LogP contribution >= 0.6 is 11.6 Å². The molecule has 2 atom stereocenters. The highest BCUT2D eigenvalue weighted by Crippen LogP contribution is 2.24. The van der Waals surface area contributed by atoms with Gasteiger partial charge in [-0.25, -0.2) is 0 Å². The summed E-state index contributed by atoms with van der Waals surface area (Å²) in [5, 5.41) is 15.7. The lowest BCUT2D eigenvalue weighted by Gasteiger charge is -2.28. The maximum absolute atomic E-state index is 12.2. The predicted molar refractivity (Wildman–Crippen MR) is 84.2 cm³/mol. The van der Waals surface area contributed by atoms with Gasteiger partial charge in [-0.05, 0) is 56.0 Å². The van der Waals surface area contributed by atoms with Crippen molar-refractivity contribution in [1.82, 2.24) is 5.32 Å². The number of hydrogen-bond donors (Lipinski definition) is 2. The van der Waals surface area contributed by atoms with Crippen LogP contribution in [-0.4, -0.2) is 19.0 Å². The second kappa shape index (κ2) is 7.44. The van der Waals surface area contributed by atoms with E-state index in [2.05, 4.69) is 23.6 Å². The van der Waals surface area contributed by atoms with E-state index < -0.39 is 0 Å². The van der Waals surface area contributed by atoms with Crippen LogP contribution < -0.4 is 10.6 Å². The summed E-state index contributed by atoms with van der Waals surface area (Å²) in [7, 11) is 0. The van der Waals surface area contributed by atoms with Crippen molar-refractivity contribution >= 4 is 23.2 Å². The zero-order valence-electron chi connectivity index (χ0n) is 12.2. The van der Waals surface area contributed by atoms with Crippen LogP contribution in [0.15, 0.2) is 18.2 Å². The van der Waals surface area contributed by atoms with E-state index in [-0.39, 0.29) is 5.91 Å². The van der Waals surface area contributed by atoms with Crippen LogP contribution in [0.3, 0.4) is 0 Å². The summed E-state index contributed by atoms with van der Waals surface area (Å²) in [4.78, 5) is 12.2. The lowest BCUT2D eigenvalue weighted by Crippen LogP contribution is -2.34. The Balaban J connectivity index is 1.95. The van der Waals surface area contributed by atoms with E-state index in [1.54, 1.807) is 18.2 Å². The monoisotopic (exact) mass is 305 g/mol. The summed E-state index contributed by atoms with van der Waals surface area (Å²) in [6.45, 7) is 4.17. The summed E-state index contributed by atoms with van der Waals surface area (Å²) >= 11 is 5.92. The molecule has 21 heavy (non-hydrogen) atoms. The molecule has 1 saturated heterocycles. The zero-order chi connectivity index (χ0) is 15.2. The second-order valence-electron chi connectivity index (χ2n) is 5.64. The smallest absolute Gasteiger partial charge is 0.224 e. The number of nitrogens with one attached hydrogen (secondary N) is 2. The third-order valence-corrected chi connectivity index (χ3v) is 4.26. The molecule has 112 valence electrons. The highest BCUT2D eigenvalue weighted by Gasteiger charge is 2.22. The minimum Gasteiger partial charge on any atom is -0.325 e. The molecule has 0 saturated carbocycles. The molecule has 1 aromatic carbocycles. The number of carbonyl (C=O) groups excluding carboxylic acids is 1. The molecule has 2 unspecified atom stereocenters. The van der Waals surface area contributed by atoms with Gasteiger partial charge >= 0.3 is 0 Å². The Kier molecular flexibility index (Phi) is 5.60. The Hall–Kier alpha value is -1.57. The van der Waals surface area contributed by atoms with Gasteiger partial charge in [0.2, 0.25) is 5.91 Å². The first-order chi connectivity index (χ1) is 10.1. The highest BCUT2D eigenvalue weighted by atomic mass is 35.5. The Morgan fingerprint density at radius 2 is 2.43 bits per heavy atom. The van der Waals surface area contributed by atoms with Crippen molar-refractivity contribution in [3.8, 4) is 6.07 Å². The van der Waals surface area contributed by atoms with E-state index in [0.29, 0.717) is 34.5 Å². The van der Waals surface area contributed by atoms with Gasteiger partial charge in [0.25, 0.3) is 0 Å². The van der Waals surface area contributed by atoms with Crippen LogP contribution in [0.1, 0.15) is 31.7 Å². The number of benzene rings is 1. The number of amides is 1. The van der Waals surface area contributed by atoms with Crippen LogP contribution in [-0.2, 0) is 4.79 Å². The molecule has 0 radical (unpaired) electrons. The molecule has 1 amide bonds. The molecule has 1 fully saturated rings. The van der Waals surface area contributed by atoms with Gasteiger partial charge in [-0.1, -0.05) is 18.5 Å². The minimum atomic E-state index is -0.0631. The first-order valence-corrected chi connectivity index (χ1v) is 7.68. The van der Waals surface area contributed by atoms with Crippen LogP contribution in [0, 0.1) is 23.2 Å². The molecule has 0 aliphatic carbocycles. The van der Waals surface area contributed by atoms with Crippen LogP contribution in [0.25, 0.3) is 0 Å². The number of nitriles is 1. The van der Waals surface area contributed by atoms with Crippen molar-refractivity contribution in [2.45, 2.75) is 26.2 Å². The van der Waals surface area contributed by atoms with Gasteiger partial charge in [0.1, 0.15) is 6.07 Å². The second-order valence-corrected chi connectivity index (χ2v) is 6.07. The highest BCUT2D eigenvalue weighted by molar-refractivity contribution is 6.31. The molecule has 4 nitrogen and oxygen atoms in total. The number of hydrogen-bond acceptors (Lipinski definition) is 3. The summed E-state index contributed by atoms with van der Waals surface area (Å²) in [6, 6.07) is 6.94. The number of anilines is 1. The topological polar surface area (TPSA) is 64.9 Å². The Labute approximate surface area is 130 Å². The number of nitrogens with zero attached hydrogens (tertiary/aromatic N) is 1. The van der Waals surface area contributed by atoms with E-state index in [1.807, 2.05) is 0 Å². The zero-order valence-corrected chi connectivity index (χ0v) is 12.9. The molecule has 0 aromatic heterocycles. The third kappa shape index (κ3) is 4.45. The predicted octanol–water partition coefficient (Wildman–Crippen LogP) is 3.18. The van der Waals surface area contributed by atoms with E-state index >= 15 is 0 Å². The molecule has 2 rings (SSSR count). The van der Waals surface area contributed by atoms with Crippen molar-refractivity contribution in [1.29, 1.82) is 5.26 Å². The fourth-order valence-electron chi connectivity index (χ4n) is 2.74. The van der Waals surface area contributed by atoms with Crippen molar-refractivity contribution in [2.75, 3.05) is 18.4 Å². The first-order valence-electron chi connectivity index (χ1n) is 7.30. The van der Waals surface area contributed by atoms with Crippen molar-refractivity contribution in [3.05, 3.63) is 28.8 Å². The van der Waals surface area contributed by atoms with Gasteiger partial charge < -0.3 is 10.6 Å². The lowest BCUT2D eigenvalue weighted by molar-refractivity contribution is -0.117. The van der Waals surface area contributed by atoms with Gasteiger partial charge in [0.15, 0.2) is 0 Å². The van der Waals surface area contributed by atoms with Crippen molar-refractivity contribution in [2.24, 2.45) is 11.8 Å². The quantitative estimate of drug-likeness (QED) is 0.898. The molecular weight excluding hydrogens is 286 g/mol. The molecule has 0 bridgehead atoms. The standard InChI is InChI=1S/C16H20ClN3O/c1-11(13-3-2-6-19-10-13)7-16(21)20-15-8-14(17)5-4-12(15)9-18/h4-5,8,11,13,19H,2-3,6-7,10H2,1H3,(H,20,21). The average Bonchev–Trinajstić information content (AvgIpc) is 2.48. The van der Waals surface area contributed by atoms with Crippen molar-refractivity contribution < 1.29 is 4.79 Å². The third-order valence-electron chi connectivity index (χ3n) is 4.02. The summed E-state index contributed by atoms with van der Waals surface area (Å²) in [5.41, 5.74) is 0.920. The fourth-order valence-corrected chi connectivity index (χ4v) is 2.91. The molecule has 2 N–H and O–H groups in total. The van der Waals surface area contributed by atoms with Gasteiger partial charge in [-0.3, -0.25) is 4.79 Å². The van der Waals surface area contributed by atoms with Crippen LogP contribution in [0.5, 0.6) is 0 Å². The molecule has 5 heteroatoms. The number of piperidine rings is 1. The van der Waals surface area contributed by atoms with E-state index in [0.717, 1.165) is 13.1 Å². The Morgan fingerprint density at radius 3 is 3.10 bits per heavy atom. The number of carbonyl (C=O) groups is 1. The van der Waals surface area contributed by atoms with E-state index in [9.17, 15) is 4.79 Å². The van der Waals surface area contributed by atoms with E-state index in [4.69, 9.17) is 16.9 Å². The number of halogens is 1. The number of rotatable bonds is 4. The molecule has 1 aliphatic heterocycles. The van der Waals surface area contributed by atoms with E-state index in [1.165, 1.54) is 12.8 Å². The molecule has 0 spiro atoms. The van der Waals surface area contributed by atoms with Gasteiger partial charge in [0, 0.05) is 11.4 Å². The fraction of sp³-hybridized carbons (Fsp3) is 0.500. The molecule has 1 aromatic rings. The summed E-state index contributed by atoms with van der Waals surface area (Å²) in [6.07, 6.45) is 2.80. The Morgan fingerprint density at radius 1 is 1.62 bits per heavy atom. The van der Waals surface area contributed by atoms with Crippen LogP contribution in [0.2, 0.25) is 5.02 Å². The Bertz CT molecular complexity index is 547. The molecule has 1 aliphatic rings. The molecule has 1 heterocycles. The van der Waals surface area contributed by atoms with Gasteiger partial charge in [-0.2, -0.15) is 5.26 Å². The van der Waals surface area contributed by atoms with Crippen LogP contribution in [0.4, 0.5) is 5.69 Å². The maximum Gasteiger partial charge on any atom is 0.224 e. The normalized spacial score (nSPS) is 19.6. The average molecular weight is 306 g/mol. The van der Waals surface area contributed by atoms with Gasteiger partial charge in [-0.15, -0.1) is 0 Å². The minimum absolute atomic E-state index is 0.0631. The SMILES string of the molecule is CC(CC(=O)Nc1cc(Cl)ccc1C#N)C1CCCNC1. The first kappa shape index (κ1) is 15.8. The summed E-state index contributed by atoms with van der Waals surface area (Å²) in [5.74, 6) is 0.800. The largest absolute Gasteiger partial charge is 0.325 e. The van der Waals surface area contributed by atoms with Crippen molar-refractivity contribution in [3.63, 3.8) is 0 Å².